The molecule has 3 nitrogen and oxygen atoms in total. The van der Waals surface area contributed by atoms with E-state index >= 15 is 0 Å². The molecule has 3 heteroatoms. The predicted molar refractivity (Wildman–Crippen MR) is 53.7 cm³/mol. The molecular weight excluding hydrogens is 178 g/mol. The molecule has 0 aliphatic rings. The molecule has 0 aliphatic heterocycles. The Bertz CT molecular complexity index is 321. The lowest BCUT2D eigenvalue weighted by molar-refractivity contribution is 0.0948. The summed E-state index contributed by atoms with van der Waals surface area (Å²) in [5.74, 6) is 0.0907. The Morgan fingerprint density at radius 2 is 2.14 bits per heavy atom. The molecule has 0 heterocycles. The fourth-order valence-corrected chi connectivity index (χ4v) is 1.04. The lowest BCUT2D eigenvalue weighted by Gasteiger charge is -2.07. The first-order chi connectivity index (χ1) is 6.59. The van der Waals surface area contributed by atoms with Gasteiger partial charge in [0, 0.05) is 12.1 Å². The van der Waals surface area contributed by atoms with Gasteiger partial charge in [0.1, 0.15) is 0 Å². The molecule has 75 valence electrons. The number of hydrogen-bond acceptors (Lipinski definition) is 1. The monoisotopic (exact) mass is 192 g/mol. The molecule has 0 aromatic heterocycles. The second kappa shape index (κ2) is 4.65. The highest BCUT2D eigenvalue weighted by Gasteiger charge is 2.06. The molecule has 0 spiro atoms. The van der Waals surface area contributed by atoms with Crippen LogP contribution >= 0.6 is 0 Å². The van der Waals surface area contributed by atoms with E-state index in [9.17, 15) is 9.90 Å². The number of rotatable bonds is 3. The first kappa shape index (κ1) is 10.6. The van der Waals surface area contributed by atoms with Gasteiger partial charge in [0.05, 0.1) is 0 Å². The van der Waals surface area contributed by atoms with Gasteiger partial charge in [0.15, 0.2) is 5.75 Å². The lowest BCUT2D eigenvalue weighted by atomic mass is 10.2. The van der Waals surface area contributed by atoms with Crippen molar-refractivity contribution in [3.8, 4) is 5.75 Å². The Kier molecular flexibility index (Phi) is 3.51. The van der Waals surface area contributed by atoms with Gasteiger partial charge in [-0.15, -0.1) is 0 Å². The number of carbonyl (C=O) groups excluding carboxylic acids is 1. The van der Waals surface area contributed by atoms with Crippen molar-refractivity contribution in [3.63, 3.8) is 0 Å². The van der Waals surface area contributed by atoms with E-state index in [2.05, 4.69) is 5.32 Å². The van der Waals surface area contributed by atoms with E-state index in [1.165, 1.54) is 12.1 Å². The van der Waals surface area contributed by atoms with Crippen molar-refractivity contribution < 1.29 is 9.90 Å². The molecule has 0 bridgehead atoms. The summed E-state index contributed by atoms with van der Waals surface area (Å²) in [4.78, 5) is 11.5. The van der Waals surface area contributed by atoms with Gasteiger partial charge in [-0.2, -0.15) is 0 Å². The molecule has 1 rings (SSSR count). The molecule has 0 atom stereocenters. The van der Waals surface area contributed by atoms with E-state index in [1.807, 2.05) is 13.8 Å². The van der Waals surface area contributed by atoms with Crippen LogP contribution in [-0.4, -0.2) is 12.5 Å². The lowest BCUT2D eigenvalue weighted by Crippen LogP contribution is -2.27. The van der Waals surface area contributed by atoms with Crippen molar-refractivity contribution in [1.82, 2.24) is 5.32 Å². The van der Waals surface area contributed by atoms with E-state index in [1.54, 1.807) is 12.1 Å². The maximum Gasteiger partial charge on any atom is 0.251 e. The van der Waals surface area contributed by atoms with Crippen molar-refractivity contribution in [2.24, 2.45) is 5.92 Å². The van der Waals surface area contributed by atoms with Gasteiger partial charge in [-0.1, -0.05) is 19.9 Å². The molecule has 1 radical (unpaired) electrons. The molecule has 0 aliphatic carbocycles. The van der Waals surface area contributed by atoms with Gasteiger partial charge in [0.2, 0.25) is 0 Å². The van der Waals surface area contributed by atoms with Crippen LogP contribution in [0.3, 0.4) is 0 Å². The molecule has 0 saturated heterocycles. The molecule has 1 aromatic carbocycles. The Morgan fingerprint density at radius 1 is 1.43 bits per heavy atom. The zero-order valence-electron chi connectivity index (χ0n) is 8.41. The van der Waals surface area contributed by atoms with Crippen molar-refractivity contribution in [1.29, 1.82) is 0 Å². The van der Waals surface area contributed by atoms with Gasteiger partial charge in [-0.25, -0.2) is 0 Å². The van der Waals surface area contributed by atoms with Crippen LogP contribution in [0.2, 0.25) is 0 Å². The maximum atomic E-state index is 11.5. The average molecular weight is 192 g/mol. The summed E-state index contributed by atoms with van der Waals surface area (Å²) in [7, 11) is 0. The zero-order valence-corrected chi connectivity index (χ0v) is 8.41. The summed E-state index contributed by atoms with van der Waals surface area (Å²) in [6.07, 6.45) is 0. The third kappa shape index (κ3) is 3.09. The zero-order chi connectivity index (χ0) is 10.6. The maximum absolute atomic E-state index is 11.5. The highest BCUT2D eigenvalue weighted by molar-refractivity contribution is 5.94. The van der Waals surface area contributed by atoms with E-state index in [4.69, 9.17) is 0 Å². The van der Waals surface area contributed by atoms with Crippen LogP contribution in [0.1, 0.15) is 24.2 Å². The minimum absolute atomic E-state index is 0.137. The highest BCUT2D eigenvalue weighted by atomic mass is 16.3. The third-order valence-electron chi connectivity index (χ3n) is 1.77. The minimum atomic E-state index is -0.184. The second-order valence-electron chi connectivity index (χ2n) is 3.63. The number of hydrogen-bond donors (Lipinski definition) is 1. The summed E-state index contributed by atoms with van der Waals surface area (Å²) in [6.45, 7) is 4.66. The smallest absolute Gasteiger partial charge is 0.251 e. The van der Waals surface area contributed by atoms with E-state index in [0.717, 1.165) is 0 Å². The average Bonchev–Trinajstić information content (AvgIpc) is 2.14. The van der Waals surface area contributed by atoms with Crippen LogP contribution in [0.15, 0.2) is 24.3 Å². The van der Waals surface area contributed by atoms with E-state index in [-0.39, 0.29) is 11.7 Å². The van der Waals surface area contributed by atoms with Crippen LogP contribution in [-0.2, 0) is 5.11 Å². The first-order valence-corrected chi connectivity index (χ1v) is 4.65. The van der Waals surface area contributed by atoms with Gasteiger partial charge < -0.3 is 5.32 Å². The Hall–Kier alpha value is -1.51. The molecule has 0 fully saturated rings. The Balaban J connectivity index is 2.61. The topological polar surface area (TPSA) is 49.0 Å². The van der Waals surface area contributed by atoms with Crippen molar-refractivity contribution in [2.75, 3.05) is 6.54 Å². The van der Waals surface area contributed by atoms with Crippen LogP contribution in [0.5, 0.6) is 5.75 Å². The van der Waals surface area contributed by atoms with Crippen LogP contribution in [0, 0.1) is 5.92 Å². The van der Waals surface area contributed by atoms with Crippen molar-refractivity contribution >= 4 is 5.91 Å². The SMILES string of the molecule is CC(C)CNC(=O)c1cccc([O])c1. The van der Waals surface area contributed by atoms with E-state index < -0.39 is 0 Å². The molecule has 14 heavy (non-hydrogen) atoms. The van der Waals surface area contributed by atoms with Gasteiger partial charge in [-0.3, -0.25) is 9.90 Å². The molecule has 0 saturated carbocycles. The third-order valence-corrected chi connectivity index (χ3v) is 1.77. The quantitative estimate of drug-likeness (QED) is 0.784. The second-order valence-corrected chi connectivity index (χ2v) is 3.63. The molecule has 1 aromatic rings. The van der Waals surface area contributed by atoms with Crippen LogP contribution in [0.4, 0.5) is 0 Å². The van der Waals surface area contributed by atoms with Crippen LogP contribution in [0.25, 0.3) is 0 Å². The fraction of sp³-hybridized carbons (Fsp3) is 0.364. The Labute approximate surface area is 83.8 Å². The molecular formula is C11H14NO2. The summed E-state index contributed by atoms with van der Waals surface area (Å²) in [6, 6.07) is 6.00. The van der Waals surface area contributed by atoms with Crippen molar-refractivity contribution in [2.45, 2.75) is 13.8 Å². The number of carbonyl (C=O) groups is 1. The number of nitrogens with one attached hydrogen (secondary N) is 1. The summed E-state index contributed by atoms with van der Waals surface area (Å²) < 4.78 is 0. The normalized spacial score (nSPS) is 10.2. The standard InChI is InChI=1S/C11H14NO2/c1-8(2)7-12-11(14)9-4-3-5-10(13)6-9/h3-6,8H,7H2,1-2H3,(H,12,14). The molecule has 1 N–H and O–H groups in total. The number of amides is 1. The largest absolute Gasteiger partial charge is 0.352 e. The Morgan fingerprint density at radius 3 is 2.71 bits per heavy atom. The van der Waals surface area contributed by atoms with Gasteiger partial charge in [-0.05, 0) is 24.1 Å². The van der Waals surface area contributed by atoms with Gasteiger partial charge >= 0.3 is 0 Å². The van der Waals surface area contributed by atoms with E-state index in [0.29, 0.717) is 18.0 Å². The fourth-order valence-electron chi connectivity index (χ4n) is 1.04. The summed E-state index contributed by atoms with van der Waals surface area (Å²) in [5.41, 5.74) is 0.429. The first-order valence-electron chi connectivity index (χ1n) is 4.65. The minimum Gasteiger partial charge on any atom is -0.352 e. The number of benzene rings is 1. The predicted octanol–water partition coefficient (Wildman–Crippen LogP) is 2.22. The summed E-state index contributed by atoms with van der Waals surface area (Å²) in [5, 5.41) is 13.7. The van der Waals surface area contributed by atoms with Crippen molar-refractivity contribution in [3.05, 3.63) is 29.8 Å². The van der Waals surface area contributed by atoms with Crippen LogP contribution < -0.4 is 5.32 Å². The van der Waals surface area contributed by atoms with Gasteiger partial charge in [0.25, 0.3) is 5.91 Å². The summed E-state index contributed by atoms with van der Waals surface area (Å²) >= 11 is 0. The molecule has 0 unspecified atom stereocenters. The highest BCUT2D eigenvalue weighted by Crippen LogP contribution is 2.11. The molecule has 1 amide bonds.